The zero-order valence-corrected chi connectivity index (χ0v) is 12.1. The highest BCUT2D eigenvalue weighted by molar-refractivity contribution is 5.83. The molecule has 0 saturated carbocycles. The summed E-state index contributed by atoms with van der Waals surface area (Å²) >= 11 is 0. The average molecular weight is 264 g/mol. The third-order valence-corrected chi connectivity index (χ3v) is 3.75. The number of hydrogen-bond acceptors (Lipinski definition) is 1. The van der Waals surface area contributed by atoms with Crippen LogP contribution in [0.1, 0.15) is 11.1 Å². The van der Waals surface area contributed by atoms with E-state index in [-0.39, 0.29) is 0 Å². The zero-order chi connectivity index (χ0) is 13.9. The van der Waals surface area contributed by atoms with Gasteiger partial charge < -0.3 is 9.88 Å². The molecule has 0 aliphatic rings. The quantitative estimate of drug-likeness (QED) is 0.749. The van der Waals surface area contributed by atoms with Gasteiger partial charge in [-0.25, -0.2) is 0 Å². The van der Waals surface area contributed by atoms with Crippen LogP contribution >= 0.6 is 0 Å². The highest BCUT2D eigenvalue weighted by Crippen LogP contribution is 2.20. The van der Waals surface area contributed by atoms with Gasteiger partial charge in [-0.1, -0.05) is 35.9 Å². The lowest BCUT2D eigenvalue weighted by molar-refractivity contribution is 0.943. The van der Waals surface area contributed by atoms with Crippen LogP contribution in [-0.2, 0) is 13.5 Å². The number of benzene rings is 2. The molecular weight excluding hydrogens is 244 g/mol. The van der Waals surface area contributed by atoms with Crippen molar-refractivity contribution in [2.75, 3.05) is 11.9 Å². The Labute approximate surface area is 120 Å². The van der Waals surface area contributed by atoms with Crippen molar-refractivity contribution in [3.8, 4) is 0 Å². The Bertz CT molecular complexity index is 708. The SMILES string of the molecule is Cc1ccc(NCCc2cn(C)c3ccccc23)cc1. The summed E-state index contributed by atoms with van der Waals surface area (Å²) in [6.45, 7) is 3.07. The van der Waals surface area contributed by atoms with E-state index in [2.05, 4.69) is 78.6 Å². The molecule has 3 rings (SSSR count). The van der Waals surface area contributed by atoms with Crippen LogP contribution < -0.4 is 5.32 Å². The largest absolute Gasteiger partial charge is 0.385 e. The van der Waals surface area contributed by atoms with Crippen molar-refractivity contribution in [3.63, 3.8) is 0 Å². The third kappa shape index (κ3) is 2.55. The van der Waals surface area contributed by atoms with Crippen LogP contribution in [0, 0.1) is 6.92 Å². The van der Waals surface area contributed by atoms with Crippen molar-refractivity contribution in [3.05, 3.63) is 65.9 Å². The second-order valence-electron chi connectivity index (χ2n) is 5.33. The molecule has 0 fully saturated rings. The van der Waals surface area contributed by atoms with Gasteiger partial charge >= 0.3 is 0 Å². The molecule has 20 heavy (non-hydrogen) atoms. The van der Waals surface area contributed by atoms with Gasteiger partial charge in [0.15, 0.2) is 0 Å². The van der Waals surface area contributed by atoms with Crippen LogP contribution in [0.4, 0.5) is 5.69 Å². The molecule has 2 nitrogen and oxygen atoms in total. The Morgan fingerprint density at radius 3 is 2.55 bits per heavy atom. The first kappa shape index (κ1) is 12.8. The molecule has 2 aromatic carbocycles. The van der Waals surface area contributed by atoms with Crippen molar-refractivity contribution in [2.24, 2.45) is 7.05 Å². The monoisotopic (exact) mass is 264 g/mol. The van der Waals surface area contributed by atoms with Gasteiger partial charge in [-0.15, -0.1) is 0 Å². The predicted molar refractivity (Wildman–Crippen MR) is 86.3 cm³/mol. The molecule has 0 aliphatic heterocycles. The summed E-state index contributed by atoms with van der Waals surface area (Å²) in [6, 6.07) is 17.1. The number of nitrogens with zero attached hydrogens (tertiary/aromatic N) is 1. The summed E-state index contributed by atoms with van der Waals surface area (Å²) in [5.41, 5.74) is 5.20. The van der Waals surface area contributed by atoms with E-state index >= 15 is 0 Å². The molecule has 2 heteroatoms. The van der Waals surface area contributed by atoms with Crippen LogP contribution in [0.5, 0.6) is 0 Å². The van der Waals surface area contributed by atoms with E-state index in [0.717, 1.165) is 13.0 Å². The number of rotatable bonds is 4. The lowest BCUT2D eigenvalue weighted by Gasteiger charge is -2.06. The first-order chi connectivity index (χ1) is 9.74. The summed E-state index contributed by atoms with van der Waals surface area (Å²) in [4.78, 5) is 0. The standard InChI is InChI=1S/C18H20N2/c1-14-7-9-16(10-8-14)19-12-11-15-13-20(2)18-6-4-3-5-17(15)18/h3-10,13,19H,11-12H2,1-2H3. The lowest BCUT2D eigenvalue weighted by atomic mass is 10.1. The number of aromatic nitrogens is 1. The van der Waals surface area contributed by atoms with E-state index < -0.39 is 0 Å². The van der Waals surface area contributed by atoms with Crippen molar-refractivity contribution in [1.29, 1.82) is 0 Å². The van der Waals surface area contributed by atoms with Gasteiger partial charge in [0, 0.05) is 36.4 Å². The summed E-state index contributed by atoms with van der Waals surface area (Å²) in [5, 5.41) is 4.85. The van der Waals surface area contributed by atoms with E-state index in [0.29, 0.717) is 0 Å². The van der Waals surface area contributed by atoms with E-state index in [1.165, 1.54) is 27.7 Å². The Balaban J connectivity index is 1.70. The van der Waals surface area contributed by atoms with Crippen LogP contribution in [0.3, 0.4) is 0 Å². The summed E-state index contributed by atoms with van der Waals surface area (Å²) in [7, 11) is 2.11. The molecule has 0 saturated heterocycles. The van der Waals surface area contributed by atoms with Gasteiger partial charge in [-0.3, -0.25) is 0 Å². The number of nitrogens with one attached hydrogen (secondary N) is 1. The van der Waals surface area contributed by atoms with Crippen LogP contribution in [0.2, 0.25) is 0 Å². The molecule has 0 amide bonds. The fraction of sp³-hybridized carbons (Fsp3) is 0.222. The van der Waals surface area contributed by atoms with E-state index in [4.69, 9.17) is 0 Å². The first-order valence-electron chi connectivity index (χ1n) is 7.07. The second kappa shape index (κ2) is 5.41. The summed E-state index contributed by atoms with van der Waals surface area (Å²) in [6.07, 6.45) is 3.27. The van der Waals surface area contributed by atoms with Crippen LogP contribution in [0.15, 0.2) is 54.7 Å². The van der Waals surface area contributed by atoms with Crippen molar-refractivity contribution in [2.45, 2.75) is 13.3 Å². The van der Waals surface area contributed by atoms with E-state index in [1.807, 2.05) is 0 Å². The molecule has 102 valence electrons. The van der Waals surface area contributed by atoms with Gasteiger partial charge in [0.05, 0.1) is 0 Å². The molecule has 1 N–H and O–H groups in total. The molecule has 1 aromatic heterocycles. The van der Waals surface area contributed by atoms with Gasteiger partial charge in [0.25, 0.3) is 0 Å². The maximum Gasteiger partial charge on any atom is 0.0480 e. The van der Waals surface area contributed by atoms with Crippen LogP contribution in [-0.4, -0.2) is 11.1 Å². The molecule has 0 radical (unpaired) electrons. The van der Waals surface area contributed by atoms with Gasteiger partial charge in [-0.05, 0) is 37.1 Å². The minimum Gasteiger partial charge on any atom is -0.385 e. The fourth-order valence-corrected chi connectivity index (χ4v) is 2.64. The van der Waals surface area contributed by atoms with Crippen molar-refractivity contribution in [1.82, 2.24) is 4.57 Å². The molecule has 0 aliphatic carbocycles. The molecule has 0 atom stereocenters. The number of aryl methyl sites for hydroxylation is 2. The van der Waals surface area contributed by atoms with Gasteiger partial charge in [0.2, 0.25) is 0 Å². The van der Waals surface area contributed by atoms with Gasteiger partial charge in [0.1, 0.15) is 0 Å². The number of anilines is 1. The predicted octanol–water partition coefficient (Wildman–Crippen LogP) is 4.14. The van der Waals surface area contributed by atoms with Crippen molar-refractivity contribution >= 4 is 16.6 Å². The number of fused-ring (bicyclic) bond motifs is 1. The maximum absolute atomic E-state index is 3.49. The molecule has 3 aromatic rings. The Morgan fingerprint density at radius 1 is 1.00 bits per heavy atom. The fourth-order valence-electron chi connectivity index (χ4n) is 2.64. The molecule has 0 spiro atoms. The number of para-hydroxylation sites is 1. The minimum atomic E-state index is 0.955. The smallest absolute Gasteiger partial charge is 0.0480 e. The molecule has 0 unspecified atom stereocenters. The topological polar surface area (TPSA) is 17.0 Å². The molecule has 0 bridgehead atoms. The Hall–Kier alpha value is -2.22. The van der Waals surface area contributed by atoms with E-state index in [9.17, 15) is 0 Å². The zero-order valence-electron chi connectivity index (χ0n) is 12.1. The Morgan fingerprint density at radius 2 is 1.75 bits per heavy atom. The summed E-state index contributed by atoms with van der Waals surface area (Å²) in [5.74, 6) is 0. The second-order valence-corrected chi connectivity index (χ2v) is 5.33. The first-order valence-corrected chi connectivity index (χ1v) is 7.07. The maximum atomic E-state index is 3.49. The Kier molecular flexibility index (Phi) is 3.46. The van der Waals surface area contributed by atoms with Crippen molar-refractivity contribution < 1.29 is 0 Å². The minimum absolute atomic E-state index is 0.955. The van der Waals surface area contributed by atoms with E-state index in [1.54, 1.807) is 0 Å². The normalized spacial score (nSPS) is 10.9. The lowest BCUT2D eigenvalue weighted by Crippen LogP contribution is -2.04. The van der Waals surface area contributed by atoms with Crippen LogP contribution in [0.25, 0.3) is 10.9 Å². The average Bonchev–Trinajstić information content (AvgIpc) is 2.79. The van der Waals surface area contributed by atoms with Gasteiger partial charge in [-0.2, -0.15) is 0 Å². The third-order valence-electron chi connectivity index (χ3n) is 3.75. The highest BCUT2D eigenvalue weighted by Gasteiger charge is 2.05. The number of hydrogen-bond donors (Lipinski definition) is 1. The molecular formula is C18H20N2. The summed E-state index contributed by atoms with van der Waals surface area (Å²) < 4.78 is 2.20. The molecule has 1 heterocycles. The highest BCUT2D eigenvalue weighted by atomic mass is 14.9.